The SMILES string of the molecule is Cc1nc(NC(=O)C2CN(C(=O)COc3ccccc3F)C2)sc1C(=O)N(C)C. The summed E-state index contributed by atoms with van der Waals surface area (Å²) in [5, 5.41) is 3.05. The van der Waals surface area contributed by atoms with E-state index in [1.165, 1.54) is 28.0 Å². The number of nitrogens with zero attached hydrogens (tertiary/aromatic N) is 3. The fourth-order valence-corrected chi connectivity index (χ4v) is 3.69. The van der Waals surface area contributed by atoms with Crippen molar-refractivity contribution in [2.24, 2.45) is 5.92 Å². The highest BCUT2D eigenvalue weighted by Gasteiger charge is 2.36. The van der Waals surface area contributed by atoms with Gasteiger partial charge in [0, 0.05) is 27.2 Å². The number of ether oxygens (including phenoxy) is 1. The molecule has 1 N–H and O–H groups in total. The molecule has 0 bridgehead atoms. The van der Waals surface area contributed by atoms with Crippen LogP contribution in [0.4, 0.5) is 9.52 Å². The average Bonchev–Trinajstić information content (AvgIpc) is 2.99. The highest BCUT2D eigenvalue weighted by molar-refractivity contribution is 7.17. The lowest BCUT2D eigenvalue weighted by molar-refractivity contribution is -0.143. The molecule has 1 aliphatic heterocycles. The minimum atomic E-state index is -0.535. The zero-order valence-electron chi connectivity index (χ0n) is 16.3. The zero-order chi connectivity index (χ0) is 21.1. The third-order valence-electron chi connectivity index (χ3n) is 4.42. The van der Waals surface area contributed by atoms with E-state index in [-0.39, 0.29) is 49.1 Å². The first kappa shape index (κ1) is 20.7. The Kier molecular flexibility index (Phi) is 6.12. The largest absolute Gasteiger partial charge is 0.481 e. The minimum absolute atomic E-state index is 0.0119. The van der Waals surface area contributed by atoms with Gasteiger partial charge in [-0.05, 0) is 19.1 Å². The van der Waals surface area contributed by atoms with Crippen molar-refractivity contribution in [3.05, 3.63) is 40.7 Å². The second-order valence-electron chi connectivity index (χ2n) is 6.84. The number of halogens is 1. The molecule has 29 heavy (non-hydrogen) atoms. The topological polar surface area (TPSA) is 91.8 Å². The summed E-state index contributed by atoms with van der Waals surface area (Å²) in [6, 6.07) is 5.85. The van der Waals surface area contributed by atoms with Crippen LogP contribution in [0.5, 0.6) is 5.75 Å². The number of aromatic nitrogens is 1. The Morgan fingerprint density at radius 1 is 1.31 bits per heavy atom. The van der Waals surface area contributed by atoms with Gasteiger partial charge >= 0.3 is 0 Å². The number of nitrogens with one attached hydrogen (secondary N) is 1. The van der Waals surface area contributed by atoms with Gasteiger partial charge in [-0.3, -0.25) is 14.4 Å². The summed E-state index contributed by atoms with van der Waals surface area (Å²) < 4.78 is 18.7. The molecular weight excluding hydrogens is 399 g/mol. The van der Waals surface area contributed by atoms with Crippen LogP contribution in [0.25, 0.3) is 0 Å². The van der Waals surface area contributed by atoms with Gasteiger partial charge in [0.25, 0.3) is 11.8 Å². The van der Waals surface area contributed by atoms with Gasteiger partial charge in [-0.25, -0.2) is 9.37 Å². The lowest BCUT2D eigenvalue weighted by Crippen LogP contribution is -2.55. The predicted octanol–water partition coefficient (Wildman–Crippen LogP) is 1.77. The van der Waals surface area contributed by atoms with Crippen LogP contribution in [-0.4, -0.2) is 66.3 Å². The molecule has 154 valence electrons. The average molecular weight is 420 g/mol. The number of rotatable bonds is 6. The number of carbonyl (C=O) groups excluding carboxylic acids is 3. The third kappa shape index (κ3) is 4.70. The van der Waals surface area contributed by atoms with Gasteiger partial charge in [-0.1, -0.05) is 23.5 Å². The van der Waals surface area contributed by atoms with E-state index in [1.807, 2.05) is 0 Å². The van der Waals surface area contributed by atoms with Crippen molar-refractivity contribution < 1.29 is 23.5 Å². The number of likely N-dealkylation sites (tertiary alicyclic amines) is 1. The van der Waals surface area contributed by atoms with Crippen molar-refractivity contribution in [3.8, 4) is 5.75 Å². The molecule has 3 amide bonds. The van der Waals surface area contributed by atoms with Gasteiger partial charge in [0.1, 0.15) is 4.88 Å². The molecule has 8 nitrogen and oxygen atoms in total. The Hall–Kier alpha value is -3.01. The van der Waals surface area contributed by atoms with Crippen molar-refractivity contribution in [1.82, 2.24) is 14.8 Å². The van der Waals surface area contributed by atoms with Crippen LogP contribution >= 0.6 is 11.3 Å². The molecule has 0 spiro atoms. The van der Waals surface area contributed by atoms with Gasteiger partial charge in [0.05, 0.1) is 11.6 Å². The van der Waals surface area contributed by atoms with Gasteiger partial charge in [-0.15, -0.1) is 0 Å². The molecule has 1 aromatic carbocycles. The zero-order valence-corrected chi connectivity index (χ0v) is 17.1. The molecule has 1 aromatic heterocycles. The lowest BCUT2D eigenvalue weighted by Gasteiger charge is -2.37. The number of aryl methyl sites for hydroxylation is 1. The monoisotopic (exact) mass is 420 g/mol. The molecule has 2 aromatic rings. The molecule has 0 radical (unpaired) electrons. The lowest BCUT2D eigenvalue weighted by atomic mass is 9.99. The first-order valence-corrected chi connectivity index (χ1v) is 9.73. The molecule has 0 unspecified atom stereocenters. The molecule has 0 saturated carbocycles. The van der Waals surface area contributed by atoms with E-state index in [0.717, 1.165) is 11.3 Å². The van der Waals surface area contributed by atoms with Crippen LogP contribution in [0.1, 0.15) is 15.4 Å². The van der Waals surface area contributed by atoms with E-state index in [4.69, 9.17) is 4.74 Å². The Labute approximate surface area is 171 Å². The number of carbonyl (C=O) groups is 3. The Bertz CT molecular complexity index is 940. The van der Waals surface area contributed by atoms with Crippen LogP contribution in [0.3, 0.4) is 0 Å². The van der Waals surface area contributed by atoms with Crippen molar-refractivity contribution in [2.45, 2.75) is 6.92 Å². The highest BCUT2D eigenvalue weighted by Crippen LogP contribution is 2.25. The Morgan fingerprint density at radius 3 is 2.66 bits per heavy atom. The van der Waals surface area contributed by atoms with Crippen molar-refractivity contribution in [2.75, 3.05) is 39.1 Å². The molecule has 10 heteroatoms. The maximum absolute atomic E-state index is 13.5. The van der Waals surface area contributed by atoms with Crippen molar-refractivity contribution in [3.63, 3.8) is 0 Å². The van der Waals surface area contributed by atoms with Gasteiger partial charge in [0.15, 0.2) is 23.3 Å². The van der Waals surface area contributed by atoms with Crippen LogP contribution < -0.4 is 10.1 Å². The van der Waals surface area contributed by atoms with Gasteiger partial charge in [-0.2, -0.15) is 0 Å². The summed E-state index contributed by atoms with van der Waals surface area (Å²) >= 11 is 1.12. The normalized spacial score (nSPS) is 13.6. The van der Waals surface area contributed by atoms with E-state index in [1.54, 1.807) is 27.1 Å². The standard InChI is InChI=1S/C19H21FN4O4S/c1-11-16(18(27)23(2)3)29-19(21-11)22-17(26)12-8-24(9-12)15(25)10-28-14-7-5-4-6-13(14)20/h4-7,12H,8-10H2,1-3H3,(H,21,22,26). The molecule has 1 aliphatic rings. The molecule has 2 heterocycles. The fourth-order valence-electron chi connectivity index (χ4n) is 2.70. The quantitative estimate of drug-likeness (QED) is 0.769. The van der Waals surface area contributed by atoms with Crippen molar-refractivity contribution in [1.29, 1.82) is 0 Å². The summed E-state index contributed by atoms with van der Waals surface area (Å²) in [7, 11) is 3.30. The van der Waals surface area contributed by atoms with E-state index >= 15 is 0 Å². The van der Waals surface area contributed by atoms with Gasteiger partial charge in [0.2, 0.25) is 5.91 Å². The number of hydrogen-bond donors (Lipinski definition) is 1. The second-order valence-corrected chi connectivity index (χ2v) is 7.84. The van der Waals surface area contributed by atoms with E-state index in [0.29, 0.717) is 15.7 Å². The fraction of sp³-hybridized carbons (Fsp3) is 0.368. The first-order valence-electron chi connectivity index (χ1n) is 8.91. The van der Waals surface area contributed by atoms with Crippen LogP contribution in [0, 0.1) is 18.7 Å². The third-order valence-corrected chi connectivity index (χ3v) is 5.48. The highest BCUT2D eigenvalue weighted by atomic mass is 32.1. The van der Waals surface area contributed by atoms with Crippen molar-refractivity contribution >= 4 is 34.2 Å². The number of benzene rings is 1. The summed E-state index contributed by atoms with van der Waals surface area (Å²) in [6.45, 7) is 1.91. The van der Waals surface area contributed by atoms with Gasteiger partial charge < -0.3 is 19.9 Å². The Morgan fingerprint density at radius 2 is 2.00 bits per heavy atom. The molecule has 1 saturated heterocycles. The predicted molar refractivity (Wildman–Crippen MR) is 105 cm³/mol. The number of anilines is 1. The number of amides is 3. The molecule has 0 aliphatic carbocycles. The maximum atomic E-state index is 13.5. The van der Waals surface area contributed by atoms with Crippen LogP contribution in [0.15, 0.2) is 24.3 Å². The van der Waals surface area contributed by atoms with Crippen LogP contribution in [-0.2, 0) is 9.59 Å². The molecular formula is C19H21FN4O4S. The molecule has 1 fully saturated rings. The van der Waals surface area contributed by atoms with E-state index < -0.39 is 5.82 Å². The Balaban J connectivity index is 1.48. The molecule has 3 rings (SSSR count). The first-order chi connectivity index (χ1) is 13.8. The molecule has 0 atom stereocenters. The number of thiazole rings is 1. The number of para-hydroxylation sites is 1. The van der Waals surface area contributed by atoms with Crippen LogP contribution in [0.2, 0.25) is 0 Å². The summed E-state index contributed by atoms with van der Waals surface area (Å²) in [6.07, 6.45) is 0. The van der Waals surface area contributed by atoms with E-state index in [2.05, 4.69) is 10.3 Å². The van der Waals surface area contributed by atoms with E-state index in [9.17, 15) is 18.8 Å². The second kappa shape index (κ2) is 8.56. The summed E-state index contributed by atoms with van der Waals surface area (Å²) in [5.74, 6) is -1.65. The summed E-state index contributed by atoms with van der Waals surface area (Å²) in [4.78, 5) is 44.2. The summed E-state index contributed by atoms with van der Waals surface area (Å²) in [5.41, 5.74) is 0.555. The minimum Gasteiger partial charge on any atom is -0.481 e. The number of hydrogen-bond acceptors (Lipinski definition) is 6. The maximum Gasteiger partial charge on any atom is 0.265 e. The smallest absolute Gasteiger partial charge is 0.265 e.